The molecule has 3 N–H and O–H groups in total. The normalized spacial score (nSPS) is 20.0. The van der Waals surface area contributed by atoms with Crippen LogP contribution in [0, 0.1) is 0 Å². The average Bonchev–Trinajstić information content (AvgIpc) is 2.47. The molecule has 1 aliphatic rings. The zero-order valence-corrected chi connectivity index (χ0v) is 11.6. The molecule has 2 unspecified atom stereocenters. The van der Waals surface area contributed by atoms with E-state index < -0.39 is 12.1 Å². The summed E-state index contributed by atoms with van der Waals surface area (Å²) in [6, 6.07) is 8.24. The highest BCUT2D eigenvalue weighted by atomic mass is 16.5. The number of alkyl carbamates (subject to hydrolysis) is 1. The van der Waals surface area contributed by atoms with Crippen molar-refractivity contribution in [3.05, 3.63) is 35.9 Å². The summed E-state index contributed by atoms with van der Waals surface area (Å²) in [5.41, 5.74) is 0.862. The highest BCUT2D eigenvalue weighted by Crippen LogP contribution is 2.07. The Morgan fingerprint density at radius 2 is 2.00 bits per heavy atom. The van der Waals surface area contributed by atoms with Gasteiger partial charge in [-0.2, -0.15) is 0 Å². The van der Waals surface area contributed by atoms with Crippen molar-refractivity contribution in [3.63, 3.8) is 0 Å². The summed E-state index contributed by atoms with van der Waals surface area (Å²) < 4.78 is 5.04. The van der Waals surface area contributed by atoms with Crippen LogP contribution in [0.1, 0.15) is 12.5 Å². The molecule has 1 aromatic carbocycles. The number of amides is 3. The SMILES string of the molecule is CC(=O)NCC1NC(=O)C1NC(=O)OCc1ccccc1. The van der Waals surface area contributed by atoms with Crippen molar-refractivity contribution in [2.75, 3.05) is 6.54 Å². The van der Waals surface area contributed by atoms with Crippen LogP contribution in [0.15, 0.2) is 30.3 Å². The molecule has 1 fully saturated rings. The van der Waals surface area contributed by atoms with Crippen molar-refractivity contribution in [2.24, 2.45) is 0 Å². The number of hydrogen-bond donors (Lipinski definition) is 3. The van der Waals surface area contributed by atoms with Crippen LogP contribution in [-0.4, -0.2) is 36.5 Å². The minimum absolute atomic E-state index is 0.136. The molecule has 2 atom stereocenters. The molecule has 1 saturated heterocycles. The maximum atomic E-state index is 11.6. The van der Waals surface area contributed by atoms with Crippen LogP contribution in [-0.2, 0) is 20.9 Å². The largest absolute Gasteiger partial charge is 0.445 e. The number of ether oxygens (including phenoxy) is 1. The van der Waals surface area contributed by atoms with Gasteiger partial charge in [-0.25, -0.2) is 4.79 Å². The predicted molar refractivity (Wildman–Crippen MR) is 74.2 cm³/mol. The monoisotopic (exact) mass is 291 g/mol. The molecule has 7 heteroatoms. The van der Waals surface area contributed by atoms with E-state index in [0.29, 0.717) is 0 Å². The van der Waals surface area contributed by atoms with Gasteiger partial charge < -0.3 is 20.7 Å². The third-order valence-corrected chi connectivity index (χ3v) is 3.07. The second-order valence-corrected chi connectivity index (χ2v) is 4.74. The third-order valence-electron chi connectivity index (χ3n) is 3.07. The fourth-order valence-corrected chi connectivity index (χ4v) is 1.92. The zero-order valence-electron chi connectivity index (χ0n) is 11.6. The molecule has 1 aliphatic heterocycles. The molecule has 3 amide bonds. The van der Waals surface area contributed by atoms with Gasteiger partial charge in [0.2, 0.25) is 11.8 Å². The van der Waals surface area contributed by atoms with Crippen molar-refractivity contribution in [3.8, 4) is 0 Å². The molecule has 7 nitrogen and oxygen atoms in total. The number of carbonyl (C=O) groups excluding carboxylic acids is 3. The van der Waals surface area contributed by atoms with E-state index in [9.17, 15) is 14.4 Å². The predicted octanol–water partition coefficient (Wildman–Crippen LogP) is -0.0841. The first-order valence-electron chi connectivity index (χ1n) is 6.58. The van der Waals surface area contributed by atoms with Gasteiger partial charge in [0.15, 0.2) is 0 Å². The van der Waals surface area contributed by atoms with E-state index in [0.717, 1.165) is 5.56 Å². The van der Waals surface area contributed by atoms with Gasteiger partial charge in [0, 0.05) is 13.5 Å². The maximum absolute atomic E-state index is 11.6. The molecule has 0 bridgehead atoms. The molecule has 0 aromatic heterocycles. The molecule has 0 aliphatic carbocycles. The Hall–Kier alpha value is -2.57. The van der Waals surface area contributed by atoms with Gasteiger partial charge in [0.1, 0.15) is 12.6 Å². The van der Waals surface area contributed by atoms with Gasteiger partial charge in [0.25, 0.3) is 0 Å². The van der Waals surface area contributed by atoms with E-state index >= 15 is 0 Å². The van der Waals surface area contributed by atoms with Crippen LogP contribution in [0.5, 0.6) is 0 Å². The first-order valence-corrected chi connectivity index (χ1v) is 6.58. The lowest BCUT2D eigenvalue weighted by atomic mass is 9.99. The molecule has 0 spiro atoms. The van der Waals surface area contributed by atoms with Crippen molar-refractivity contribution in [1.29, 1.82) is 0 Å². The third kappa shape index (κ3) is 4.20. The Kier molecular flexibility index (Phi) is 4.76. The van der Waals surface area contributed by atoms with E-state index in [2.05, 4.69) is 16.0 Å². The molecule has 112 valence electrons. The topological polar surface area (TPSA) is 96.5 Å². The number of hydrogen-bond acceptors (Lipinski definition) is 4. The lowest BCUT2D eigenvalue weighted by Gasteiger charge is -2.36. The van der Waals surface area contributed by atoms with Gasteiger partial charge in [-0.3, -0.25) is 9.59 Å². The van der Waals surface area contributed by atoms with Crippen molar-refractivity contribution < 1.29 is 19.1 Å². The Labute approximate surface area is 122 Å². The number of nitrogens with one attached hydrogen (secondary N) is 3. The molecule has 1 aromatic rings. The van der Waals surface area contributed by atoms with Crippen LogP contribution in [0.4, 0.5) is 4.79 Å². The summed E-state index contributed by atoms with van der Waals surface area (Å²) in [6.45, 7) is 1.79. The van der Waals surface area contributed by atoms with Crippen LogP contribution in [0.25, 0.3) is 0 Å². The van der Waals surface area contributed by atoms with Gasteiger partial charge in [0.05, 0.1) is 6.04 Å². The van der Waals surface area contributed by atoms with E-state index in [4.69, 9.17) is 4.74 Å². The fourth-order valence-electron chi connectivity index (χ4n) is 1.92. The first kappa shape index (κ1) is 14.8. The quantitative estimate of drug-likeness (QED) is 0.661. The molecule has 0 radical (unpaired) electrons. The first-order chi connectivity index (χ1) is 10.1. The van der Waals surface area contributed by atoms with Crippen LogP contribution < -0.4 is 16.0 Å². The van der Waals surface area contributed by atoms with Crippen molar-refractivity contribution >= 4 is 17.9 Å². The minimum Gasteiger partial charge on any atom is -0.445 e. The Morgan fingerprint density at radius 1 is 1.29 bits per heavy atom. The highest BCUT2D eigenvalue weighted by Gasteiger charge is 2.40. The molecule has 1 heterocycles. The number of benzene rings is 1. The van der Waals surface area contributed by atoms with E-state index in [1.807, 2.05) is 30.3 Å². The maximum Gasteiger partial charge on any atom is 0.408 e. The smallest absolute Gasteiger partial charge is 0.408 e. The molecule has 0 saturated carbocycles. The van der Waals surface area contributed by atoms with Crippen LogP contribution in [0.3, 0.4) is 0 Å². The Balaban J connectivity index is 1.76. The molecular weight excluding hydrogens is 274 g/mol. The highest BCUT2D eigenvalue weighted by molar-refractivity contribution is 5.92. The van der Waals surface area contributed by atoms with Crippen molar-refractivity contribution in [1.82, 2.24) is 16.0 Å². The summed E-state index contributed by atoms with van der Waals surface area (Å²) in [6.07, 6.45) is -0.661. The van der Waals surface area contributed by atoms with Gasteiger partial charge in [-0.05, 0) is 5.56 Å². The summed E-state index contributed by atoms with van der Waals surface area (Å²) in [4.78, 5) is 33.9. The number of carbonyl (C=O) groups is 3. The minimum atomic E-state index is -0.680. The van der Waals surface area contributed by atoms with Gasteiger partial charge in [-0.15, -0.1) is 0 Å². The summed E-state index contributed by atoms with van der Waals surface area (Å²) in [5, 5.41) is 7.67. The number of β-lactam (4-membered cyclic amide) rings is 1. The summed E-state index contributed by atoms with van der Waals surface area (Å²) in [5.74, 6) is -0.483. The molecular formula is C14H17N3O4. The zero-order chi connectivity index (χ0) is 15.2. The standard InChI is InChI=1S/C14H17N3O4/c1-9(18)15-7-11-12(13(19)16-11)17-14(20)21-8-10-5-3-2-4-6-10/h2-6,11-12H,7-8H2,1H3,(H,15,18)(H,16,19)(H,17,20). The van der Waals surface area contributed by atoms with E-state index in [-0.39, 0.29) is 31.0 Å². The lowest BCUT2D eigenvalue weighted by Crippen LogP contribution is -2.71. The Bertz CT molecular complexity index is 532. The summed E-state index contributed by atoms with van der Waals surface area (Å²) >= 11 is 0. The van der Waals surface area contributed by atoms with Gasteiger partial charge >= 0.3 is 6.09 Å². The fraction of sp³-hybridized carbons (Fsp3) is 0.357. The second-order valence-electron chi connectivity index (χ2n) is 4.74. The summed E-state index contributed by atoms with van der Waals surface area (Å²) in [7, 11) is 0. The lowest BCUT2D eigenvalue weighted by molar-refractivity contribution is -0.132. The number of rotatable bonds is 5. The van der Waals surface area contributed by atoms with E-state index in [1.54, 1.807) is 0 Å². The van der Waals surface area contributed by atoms with Crippen LogP contribution >= 0.6 is 0 Å². The Morgan fingerprint density at radius 3 is 2.62 bits per heavy atom. The molecule has 21 heavy (non-hydrogen) atoms. The van der Waals surface area contributed by atoms with Crippen molar-refractivity contribution in [2.45, 2.75) is 25.6 Å². The average molecular weight is 291 g/mol. The molecule has 2 rings (SSSR count). The van der Waals surface area contributed by atoms with Crippen LogP contribution in [0.2, 0.25) is 0 Å². The van der Waals surface area contributed by atoms with Gasteiger partial charge in [-0.1, -0.05) is 30.3 Å². The second kappa shape index (κ2) is 6.74. The van der Waals surface area contributed by atoms with E-state index in [1.165, 1.54) is 6.92 Å².